The predicted octanol–water partition coefficient (Wildman–Crippen LogP) is 3.29. The Bertz CT molecular complexity index is 646. The van der Waals surface area contributed by atoms with E-state index in [0.29, 0.717) is 27.4 Å². The molecule has 6 heteroatoms. The molecule has 1 heterocycles. The van der Waals surface area contributed by atoms with Gasteiger partial charge in [-0.2, -0.15) is 10.4 Å². The lowest BCUT2D eigenvalue weighted by Crippen LogP contribution is -1.97. The van der Waals surface area contributed by atoms with Gasteiger partial charge in [0.2, 0.25) is 5.88 Å². The minimum Gasteiger partial charge on any atom is -0.437 e. The molecule has 0 aliphatic carbocycles. The third-order valence-corrected chi connectivity index (χ3v) is 3.04. The molecule has 0 aliphatic rings. The molecule has 18 heavy (non-hydrogen) atoms. The van der Waals surface area contributed by atoms with E-state index in [2.05, 4.69) is 21.0 Å². The van der Waals surface area contributed by atoms with E-state index in [0.717, 1.165) is 0 Å². The normalized spacial score (nSPS) is 10.2. The predicted molar refractivity (Wildman–Crippen MR) is 66.8 cm³/mol. The van der Waals surface area contributed by atoms with Gasteiger partial charge in [0.25, 0.3) is 0 Å². The molecule has 0 unspecified atom stereocenters. The summed E-state index contributed by atoms with van der Waals surface area (Å²) in [5, 5.41) is 13.1. The maximum atomic E-state index is 13.1. The van der Waals surface area contributed by atoms with Crippen LogP contribution in [0.4, 0.5) is 4.39 Å². The molecule has 4 nitrogen and oxygen atoms in total. The van der Waals surface area contributed by atoms with Crippen LogP contribution in [0, 0.1) is 24.1 Å². The summed E-state index contributed by atoms with van der Waals surface area (Å²) in [5.41, 5.74) is 0.913. The molecule has 0 fully saturated rings. The summed E-state index contributed by atoms with van der Waals surface area (Å²) < 4.78 is 20.8. The SMILES string of the molecule is Cc1nn(C)c(Oc2cc(F)ccc2Br)c1C#N. The van der Waals surface area contributed by atoms with E-state index in [1.165, 1.54) is 16.8 Å². The maximum Gasteiger partial charge on any atom is 0.235 e. The number of nitriles is 1. The zero-order valence-corrected chi connectivity index (χ0v) is 11.3. The molecule has 0 bridgehead atoms. The van der Waals surface area contributed by atoms with Crippen molar-refractivity contribution in [3.05, 3.63) is 39.7 Å². The molecule has 0 spiro atoms. The molecule has 1 aromatic heterocycles. The Hall–Kier alpha value is -1.87. The minimum absolute atomic E-state index is 0.293. The van der Waals surface area contributed by atoms with Gasteiger partial charge in [0.05, 0.1) is 10.2 Å². The van der Waals surface area contributed by atoms with Crippen LogP contribution in [-0.4, -0.2) is 9.78 Å². The summed E-state index contributed by atoms with van der Waals surface area (Å²) in [4.78, 5) is 0. The van der Waals surface area contributed by atoms with Crippen LogP contribution in [0.5, 0.6) is 11.6 Å². The van der Waals surface area contributed by atoms with Crippen LogP contribution in [0.2, 0.25) is 0 Å². The van der Waals surface area contributed by atoms with Crippen molar-refractivity contribution in [2.24, 2.45) is 7.05 Å². The molecular formula is C12H9BrFN3O. The summed E-state index contributed by atoms with van der Waals surface area (Å²) in [6.45, 7) is 1.71. The van der Waals surface area contributed by atoms with Crippen molar-refractivity contribution < 1.29 is 9.13 Å². The summed E-state index contributed by atoms with van der Waals surface area (Å²) in [6.07, 6.45) is 0. The summed E-state index contributed by atoms with van der Waals surface area (Å²) in [5.74, 6) is 0.182. The van der Waals surface area contributed by atoms with Crippen molar-refractivity contribution in [3.63, 3.8) is 0 Å². The minimum atomic E-state index is -0.411. The molecule has 0 radical (unpaired) electrons. The van der Waals surface area contributed by atoms with E-state index in [4.69, 9.17) is 10.00 Å². The Morgan fingerprint density at radius 3 is 2.89 bits per heavy atom. The van der Waals surface area contributed by atoms with E-state index in [9.17, 15) is 4.39 Å². The lowest BCUT2D eigenvalue weighted by atomic mass is 10.3. The van der Waals surface area contributed by atoms with Crippen molar-refractivity contribution in [2.45, 2.75) is 6.92 Å². The topological polar surface area (TPSA) is 50.8 Å². The molecule has 1 aromatic carbocycles. The van der Waals surface area contributed by atoms with Gasteiger partial charge in [0.1, 0.15) is 23.2 Å². The van der Waals surface area contributed by atoms with E-state index < -0.39 is 5.82 Å². The Morgan fingerprint density at radius 2 is 2.22 bits per heavy atom. The lowest BCUT2D eigenvalue weighted by Gasteiger charge is -2.08. The Labute approximate surface area is 112 Å². The summed E-state index contributed by atoms with van der Waals surface area (Å²) in [7, 11) is 1.66. The van der Waals surface area contributed by atoms with Gasteiger partial charge in [0, 0.05) is 13.1 Å². The fourth-order valence-electron chi connectivity index (χ4n) is 1.54. The first kappa shape index (κ1) is 12.6. The smallest absolute Gasteiger partial charge is 0.235 e. The average molecular weight is 310 g/mol. The van der Waals surface area contributed by atoms with Crippen LogP contribution in [-0.2, 0) is 7.05 Å². The number of benzene rings is 1. The second-order valence-electron chi connectivity index (χ2n) is 3.68. The monoisotopic (exact) mass is 309 g/mol. The first-order valence-corrected chi connectivity index (χ1v) is 5.89. The average Bonchev–Trinajstić information content (AvgIpc) is 2.58. The molecule has 0 saturated carbocycles. The number of aryl methyl sites for hydroxylation is 2. The van der Waals surface area contributed by atoms with Crippen LogP contribution in [0.15, 0.2) is 22.7 Å². The van der Waals surface area contributed by atoms with Gasteiger partial charge in [0.15, 0.2) is 0 Å². The number of hydrogen-bond donors (Lipinski definition) is 0. The lowest BCUT2D eigenvalue weighted by molar-refractivity contribution is 0.423. The van der Waals surface area contributed by atoms with Crippen LogP contribution in [0.3, 0.4) is 0 Å². The number of halogens is 2. The second kappa shape index (κ2) is 4.78. The zero-order chi connectivity index (χ0) is 13.3. The van der Waals surface area contributed by atoms with E-state index >= 15 is 0 Å². The van der Waals surface area contributed by atoms with E-state index in [1.54, 1.807) is 20.0 Å². The Balaban J connectivity index is 2.46. The molecule has 92 valence electrons. The molecule has 0 N–H and O–H groups in total. The van der Waals surface area contributed by atoms with Gasteiger partial charge >= 0.3 is 0 Å². The Morgan fingerprint density at radius 1 is 1.50 bits per heavy atom. The molecular weight excluding hydrogens is 301 g/mol. The van der Waals surface area contributed by atoms with Crippen molar-refractivity contribution in [1.82, 2.24) is 9.78 Å². The quantitative estimate of drug-likeness (QED) is 0.855. The third kappa shape index (κ3) is 2.22. The van der Waals surface area contributed by atoms with Crippen LogP contribution in [0.1, 0.15) is 11.3 Å². The maximum absolute atomic E-state index is 13.1. The van der Waals surface area contributed by atoms with Gasteiger partial charge in [-0.05, 0) is 35.0 Å². The first-order valence-electron chi connectivity index (χ1n) is 5.09. The number of rotatable bonds is 2. The van der Waals surface area contributed by atoms with Crippen LogP contribution in [0.25, 0.3) is 0 Å². The van der Waals surface area contributed by atoms with Crippen molar-refractivity contribution in [3.8, 4) is 17.7 Å². The molecule has 0 atom stereocenters. The van der Waals surface area contributed by atoms with E-state index in [-0.39, 0.29) is 0 Å². The first-order chi connectivity index (χ1) is 8.52. The highest BCUT2D eigenvalue weighted by Crippen LogP contribution is 2.32. The van der Waals surface area contributed by atoms with Gasteiger partial charge in [-0.3, -0.25) is 0 Å². The molecule has 2 aromatic rings. The highest BCUT2D eigenvalue weighted by molar-refractivity contribution is 9.10. The molecule has 2 rings (SSSR count). The largest absolute Gasteiger partial charge is 0.437 e. The number of aromatic nitrogens is 2. The zero-order valence-electron chi connectivity index (χ0n) is 9.74. The molecule has 0 saturated heterocycles. The van der Waals surface area contributed by atoms with E-state index in [1.807, 2.05) is 6.07 Å². The van der Waals surface area contributed by atoms with Gasteiger partial charge in [-0.1, -0.05) is 0 Å². The standard InChI is InChI=1S/C12H9BrFN3O/c1-7-9(6-15)12(17(2)16-7)18-11-5-8(14)3-4-10(11)13/h3-5H,1-2H3. The molecule has 0 aliphatic heterocycles. The molecule has 0 amide bonds. The van der Waals surface area contributed by atoms with Gasteiger partial charge in [-0.15, -0.1) is 0 Å². The summed E-state index contributed by atoms with van der Waals surface area (Å²) in [6, 6.07) is 6.12. The fourth-order valence-corrected chi connectivity index (χ4v) is 1.87. The highest BCUT2D eigenvalue weighted by Gasteiger charge is 2.16. The van der Waals surface area contributed by atoms with Crippen LogP contribution >= 0.6 is 15.9 Å². The highest BCUT2D eigenvalue weighted by atomic mass is 79.9. The van der Waals surface area contributed by atoms with Crippen molar-refractivity contribution >= 4 is 15.9 Å². The number of hydrogen-bond acceptors (Lipinski definition) is 3. The number of nitrogens with zero attached hydrogens (tertiary/aromatic N) is 3. The van der Waals surface area contributed by atoms with Gasteiger partial charge < -0.3 is 4.74 Å². The number of ether oxygens (including phenoxy) is 1. The fraction of sp³-hybridized carbons (Fsp3) is 0.167. The Kier molecular flexibility index (Phi) is 3.34. The second-order valence-corrected chi connectivity index (χ2v) is 4.53. The third-order valence-electron chi connectivity index (χ3n) is 2.38. The van der Waals surface area contributed by atoms with Crippen molar-refractivity contribution in [2.75, 3.05) is 0 Å². The van der Waals surface area contributed by atoms with Crippen LogP contribution < -0.4 is 4.74 Å². The van der Waals surface area contributed by atoms with Crippen molar-refractivity contribution in [1.29, 1.82) is 5.26 Å². The summed E-state index contributed by atoms with van der Waals surface area (Å²) >= 11 is 3.26. The van der Waals surface area contributed by atoms with Gasteiger partial charge in [-0.25, -0.2) is 9.07 Å².